The van der Waals surface area contributed by atoms with Crippen LogP contribution < -0.4 is 10.1 Å². The average Bonchev–Trinajstić information content (AvgIpc) is 2.70. The van der Waals surface area contributed by atoms with Crippen molar-refractivity contribution in [2.24, 2.45) is 0 Å². The van der Waals surface area contributed by atoms with Crippen LogP contribution in [-0.2, 0) is 22.6 Å². The molecular formula is C22H28N2O3. The highest BCUT2D eigenvalue weighted by atomic mass is 16.5. The predicted octanol–water partition coefficient (Wildman–Crippen LogP) is 3.18. The third kappa shape index (κ3) is 6.13. The molecular weight excluding hydrogens is 340 g/mol. The van der Waals surface area contributed by atoms with Crippen LogP contribution in [0.5, 0.6) is 5.75 Å². The lowest BCUT2D eigenvalue weighted by atomic mass is 10.1. The summed E-state index contributed by atoms with van der Waals surface area (Å²) < 4.78 is 5.19. The molecule has 0 aliphatic rings. The molecule has 1 unspecified atom stereocenters. The maximum absolute atomic E-state index is 13.0. The first-order valence-corrected chi connectivity index (χ1v) is 9.29. The highest BCUT2D eigenvalue weighted by Gasteiger charge is 2.25. The highest BCUT2D eigenvalue weighted by molar-refractivity contribution is 5.88. The van der Waals surface area contributed by atoms with Crippen molar-refractivity contribution in [3.8, 4) is 5.75 Å². The van der Waals surface area contributed by atoms with Crippen molar-refractivity contribution in [3.63, 3.8) is 0 Å². The monoisotopic (exact) mass is 368 g/mol. The lowest BCUT2D eigenvalue weighted by Crippen LogP contribution is -2.48. The zero-order valence-electron chi connectivity index (χ0n) is 16.3. The summed E-state index contributed by atoms with van der Waals surface area (Å²) in [6.07, 6.45) is 1.12. The summed E-state index contributed by atoms with van der Waals surface area (Å²) in [6.45, 7) is 4.75. The maximum atomic E-state index is 13.0. The number of benzene rings is 2. The molecule has 0 fully saturated rings. The van der Waals surface area contributed by atoms with Crippen molar-refractivity contribution in [1.29, 1.82) is 0 Å². The molecule has 2 aromatic carbocycles. The topological polar surface area (TPSA) is 58.6 Å². The van der Waals surface area contributed by atoms with Gasteiger partial charge in [0, 0.05) is 13.1 Å². The minimum atomic E-state index is -0.546. The Bertz CT molecular complexity index is 729. The highest BCUT2D eigenvalue weighted by Crippen LogP contribution is 2.16. The molecule has 0 heterocycles. The van der Waals surface area contributed by atoms with Crippen LogP contribution in [0.1, 0.15) is 31.4 Å². The molecule has 27 heavy (non-hydrogen) atoms. The van der Waals surface area contributed by atoms with Crippen molar-refractivity contribution in [2.45, 2.75) is 39.3 Å². The summed E-state index contributed by atoms with van der Waals surface area (Å²) in [4.78, 5) is 27.1. The number of hydrogen-bond donors (Lipinski definition) is 1. The standard InChI is InChI=1S/C22H28N2O3/c1-4-14-23-22(26)17(2)24(16-19-10-12-20(27-3)13-11-19)21(25)15-18-8-6-5-7-9-18/h5-13,17H,4,14-16H2,1-3H3,(H,23,26). The number of hydrogen-bond acceptors (Lipinski definition) is 3. The van der Waals surface area contributed by atoms with E-state index in [9.17, 15) is 9.59 Å². The summed E-state index contributed by atoms with van der Waals surface area (Å²) in [7, 11) is 1.62. The fourth-order valence-corrected chi connectivity index (χ4v) is 2.78. The number of nitrogens with one attached hydrogen (secondary N) is 1. The van der Waals surface area contributed by atoms with E-state index in [-0.39, 0.29) is 18.2 Å². The molecule has 144 valence electrons. The van der Waals surface area contributed by atoms with E-state index in [0.717, 1.165) is 23.3 Å². The summed E-state index contributed by atoms with van der Waals surface area (Å²) in [5.41, 5.74) is 1.88. The Labute approximate surface area is 161 Å². The van der Waals surface area contributed by atoms with E-state index >= 15 is 0 Å². The zero-order chi connectivity index (χ0) is 19.6. The van der Waals surface area contributed by atoms with Crippen molar-refractivity contribution >= 4 is 11.8 Å². The average molecular weight is 368 g/mol. The van der Waals surface area contributed by atoms with Crippen LogP contribution in [0.2, 0.25) is 0 Å². The molecule has 1 atom stereocenters. The molecule has 2 aromatic rings. The molecule has 0 aromatic heterocycles. The molecule has 1 N–H and O–H groups in total. The molecule has 0 bridgehead atoms. The van der Waals surface area contributed by atoms with Gasteiger partial charge in [0.2, 0.25) is 11.8 Å². The summed E-state index contributed by atoms with van der Waals surface area (Å²) in [6, 6.07) is 16.6. The Morgan fingerprint density at radius 3 is 2.30 bits per heavy atom. The van der Waals surface area contributed by atoms with Crippen molar-refractivity contribution in [2.75, 3.05) is 13.7 Å². The van der Waals surface area contributed by atoms with Gasteiger partial charge >= 0.3 is 0 Å². The second-order valence-electron chi connectivity index (χ2n) is 6.50. The van der Waals surface area contributed by atoms with Gasteiger partial charge in [-0.2, -0.15) is 0 Å². The van der Waals surface area contributed by atoms with Gasteiger partial charge in [0.1, 0.15) is 11.8 Å². The number of carbonyl (C=O) groups excluding carboxylic acids is 2. The van der Waals surface area contributed by atoms with Crippen LogP contribution in [0.3, 0.4) is 0 Å². The Morgan fingerprint density at radius 2 is 1.70 bits per heavy atom. The lowest BCUT2D eigenvalue weighted by Gasteiger charge is -2.29. The van der Waals surface area contributed by atoms with E-state index in [1.165, 1.54) is 0 Å². The Balaban J connectivity index is 2.17. The molecule has 5 nitrogen and oxygen atoms in total. The van der Waals surface area contributed by atoms with Gasteiger partial charge in [0.05, 0.1) is 13.5 Å². The van der Waals surface area contributed by atoms with E-state index in [0.29, 0.717) is 13.1 Å². The lowest BCUT2D eigenvalue weighted by molar-refractivity contribution is -0.140. The van der Waals surface area contributed by atoms with Gasteiger partial charge < -0.3 is 15.0 Å². The maximum Gasteiger partial charge on any atom is 0.242 e. The van der Waals surface area contributed by atoms with Crippen LogP contribution >= 0.6 is 0 Å². The quantitative estimate of drug-likeness (QED) is 0.740. The Hall–Kier alpha value is -2.82. The van der Waals surface area contributed by atoms with Crippen LogP contribution in [-0.4, -0.2) is 36.4 Å². The second kappa shape index (κ2) is 10.4. The number of ether oxygens (including phenoxy) is 1. The largest absolute Gasteiger partial charge is 0.497 e. The first kappa shape index (κ1) is 20.5. The number of rotatable bonds is 9. The first-order valence-electron chi connectivity index (χ1n) is 9.29. The van der Waals surface area contributed by atoms with E-state index in [1.807, 2.05) is 61.5 Å². The van der Waals surface area contributed by atoms with Crippen LogP contribution in [0.4, 0.5) is 0 Å². The fraction of sp³-hybridized carbons (Fsp3) is 0.364. The van der Waals surface area contributed by atoms with E-state index in [2.05, 4.69) is 5.32 Å². The van der Waals surface area contributed by atoms with Crippen LogP contribution in [0.15, 0.2) is 54.6 Å². The molecule has 0 saturated carbocycles. The molecule has 0 saturated heterocycles. The van der Waals surface area contributed by atoms with Crippen molar-refractivity contribution in [1.82, 2.24) is 10.2 Å². The summed E-state index contributed by atoms with van der Waals surface area (Å²) in [5.74, 6) is 0.553. The minimum absolute atomic E-state index is 0.0730. The van der Waals surface area contributed by atoms with Gasteiger partial charge in [-0.15, -0.1) is 0 Å². The minimum Gasteiger partial charge on any atom is -0.497 e. The second-order valence-corrected chi connectivity index (χ2v) is 6.50. The third-order valence-corrected chi connectivity index (χ3v) is 4.43. The van der Waals surface area contributed by atoms with E-state index < -0.39 is 6.04 Å². The Morgan fingerprint density at radius 1 is 1.04 bits per heavy atom. The number of nitrogens with zero attached hydrogens (tertiary/aromatic N) is 1. The SMILES string of the molecule is CCCNC(=O)C(C)N(Cc1ccc(OC)cc1)C(=O)Cc1ccccc1. The number of methoxy groups -OCH3 is 1. The van der Waals surface area contributed by atoms with E-state index in [1.54, 1.807) is 18.9 Å². The smallest absolute Gasteiger partial charge is 0.242 e. The number of carbonyl (C=O) groups is 2. The van der Waals surface area contributed by atoms with Crippen LogP contribution in [0.25, 0.3) is 0 Å². The molecule has 2 rings (SSSR count). The Kier molecular flexibility index (Phi) is 7.86. The molecule has 2 amide bonds. The normalized spacial score (nSPS) is 11.5. The first-order chi connectivity index (χ1) is 13.0. The van der Waals surface area contributed by atoms with Gasteiger partial charge in [-0.05, 0) is 36.6 Å². The van der Waals surface area contributed by atoms with Gasteiger partial charge in [-0.1, -0.05) is 49.4 Å². The molecule has 0 radical (unpaired) electrons. The summed E-state index contributed by atoms with van der Waals surface area (Å²) >= 11 is 0. The molecule has 5 heteroatoms. The van der Waals surface area contributed by atoms with Gasteiger partial charge in [-0.3, -0.25) is 9.59 Å². The fourth-order valence-electron chi connectivity index (χ4n) is 2.78. The zero-order valence-corrected chi connectivity index (χ0v) is 16.3. The predicted molar refractivity (Wildman–Crippen MR) is 106 cm³/mol. The van der Waals surface area contributed by atoms with Gasteiger partial charge in [0.15, 0.2) is 0 Å². The molecule has 0 aliphatic carbocycles. The van der Waals surface area contributed by atoms with Crippen LogP contribution in [0, 0.1) is 0 Å². The van der Waals surface area contributed by atoms with E-state index in [4.69, 9.17) is 4.74 Å². The van der Waals surface area contributed by atoms with Crippen molar-refractivity contribution < 1.29 is 14.3 Å². The molecule has 0 spiro atoms. The molecule has 0 aliphatic heterocycles. The third-order valence-electron chi connectivity index (χ3n) is 4.43. The van der Waals surface area contributed by atoms with Gasteiger partial charge in [0.25, 0.3) is 0 Å². The summed E-state index contributed by atoms with van der Waals surface area (Å²) in [5, 5.41) is 2.88. The van der Waals surface area contributed by atoms with Crippen molar-refractivity contribution in [3.05, 3.63) is 65.7 Å². The van der Waals surface area contributed by atoms with Gasteiger partial charge in [-0.25, -0.2) is 0 Å². The number of amides is 2.